The highest BCUT2D eigenvalue weighted by Gasteiger charge is 2.29. The largest absolute Gasteiger partial charge is 0.477 e. The summed E-state index contributed by atoms with van der Waals surface area (Å²) in [6, 6.07) is 6.37. The van der Waals surface area contributed by atoms with Crippen molar-refractivity contribution < 1.29 is 28.2 Å². The van der Waals surface area contributed by atoms with Crippen LogP contribution in [0.1, 0.15) is 16.1 Å². The topological polar surface area (TPSA) is 130 Å². The Morgan fingerprint density at radius 2 is 1.94 bits per heavy atom. The molecule has 178 valence electrons. The van der Waals surface area contributed by atoms with Crippen LogP contribution in [-0.2, 0) is 13.1 Å². The predicted octanol–water partition coefficient (Wildman–Crippen LogP) is 2.92. The molecule has 11 heteroatoms. The molecule has 0 fully saturated rings. The molecule has 0 unspecified atom stereocenters. The lowest BCUT2D eigenvalue weighted by Gasteiger charge is -2.12. The van der Waals surface area contributed by atoms with E-state index in [2.05, 4.69) is 4.98 Å². The first-order valence-electron chi connectivity index (χ1n) is 10.4. The van der Waals surface area contributed by atoms with Crippen LogP contribution in [0.25, 0.3) is 33.0 Å². The number of nitrogens with one attached hydrogen (secondary N) is 1. The number of nitrogens with zero attached hydrogens (tertiary/aromatic N) is 2. The highest BCUT2D eigenvalue weighted by atomic mass is 19.1. The zero-order valence-electron chi connectivity index (χ0n) is 17.9. The number of carboxylic acid groups (broad SMARTS) is 1. The Morgan fingerprint density at radius 1 is 1.14 bits per heavy atom. The molecular formula is C24H17F2N3O6. The molecule has 0 bridgehead atoms. The van der Waals surface area contributed by atoms with Crippen molar-refractivity contribution >= 4 is 27.8 Å². The standard InChI is InChI=1S/C24H17F2N3O6/c25-15-9-17-20(22-13(15)3-7-35-22)19(14-2-1-4-27-23(14)32)21(24(33)34)29(17)10-12-8-18(31)28(5-6-30)11-16(12)26/h1-4,7-9,11,30H,5-6,10H2,(H,27,32)(H,33,34). The number of hydrogen-bond acceptors (Lipinski definition) is 5. The Hall–Kier alpha value is -4.51. The van der Waals surface area contributed by atoms with Crippen LogP contribution in [0.5, 0.6) is 0 Å². The van der Waals surface area contributed by atoms with Crippen molar-refractivity contribution in [2.24, 2.45) is 0 Å². The van der Waals surface area contributed by atoms with Gasteiger partial charge in [0.2, 0.25) is 0 Å². The number of halogens is 2. The van der Waals surface area contributed by atoms with Crippen LogP contribution in [0.15, 0.2) is 63.0 Å². The maximum atomic E-state index is 14.9. The third-order valence-electron chi connectivity index (χ3n) is 5.83. The Balaban J connectivity index is 1.88. The van der Waals surface area contributed by atoms with E-state index in [4.69, 9.17) is 9.52 Å². The Morgan fingerprint density at radius 3 is 2.66 bits per heavy atom. The molecule has 0 spiro atoms. The lowest BCUT2D eigenvalue weighted by atomic mass is 10.0. The Labute approximate surface area is 194 Å². The lowest BCUT2D eigenvalue weighted by Crippen LogP contribution is -2.23. The summed E-state index contributed by atoms with van der Waals surface area (Å²) in [4.78, 5) is 40.0. The number of H-pyrrole nitrogens is 1. The van der Waals surface area contributed by atoms with E-state index in [9.17, 15) is 28.3 Å². The van der Waals surface area contributed by atoms with E-state index in [-0.39, 0.29) is 51.7 Å². The molecule has 5 rings (SSSR count). The zero-order chi connectivity index (χ0) is 24.9. The summed E-state index contributed by atoms with van der Waals surface area (Å²) < 4.78 is 37.4. The van der Waals surface area contributed by atoms with E-state index >= 15 is 0 Å². The molecule has 3 N–H and O–H groups in total. The van der Waals surface area contributed by atoms with Gasteiger partial charge in [0.25, 0.3) is 11.1 Å². The van der Waals surface area contributed by atoms with Crippen molar-refractivity contribution in [1.29, 1.82) is 0 Å². The van der Waals surface area contributed by atoms with Crippen molar-refractivity contribution in [1.82, 2.24) is 14.1 Å². The van der Waals surface area contributed by atoms with Crippen LogP contribution in [0.2, 0.25) is 0 Å². The number of rotatable bonds is 6. The SMILES string of the molecule is O=C(O)c1c(-c2ccc[nH]c2=O)c2c3occc3c(F)cc2n1Cc1cc(=O)n(CCO)cc1F. The average molecular weight is 481 g/mol. The summed E-state index contributed by atoms with van der Waals surface area (Å²) >= 11 is 0. The average Bonchev–Trinajstić information content (AvgIpc) is 3.41. The van der Waals surface area contributed by atoms with Crippen LogP contribution < -0.4 is 11.1 Å². The Bertz CT molecular complexity index is 1740. The number of carbonyl (C=O) groups is 1. The van der Waals surface area contributed by atoms with Crippen LogP contribution in [-0.4, -0.2) is 36.9 Å². The molecule has 0 aliphatic rings. The molecule has 0 saturated carbocycles. The smallest absolute Gasteiger partial charge is 0.353 e. The van der Waals surface area contributed by atoms with E-state index in [1.54, 1.807) is 0 Å². The van der Waals surface area contributed by atoms with Gasteiger partial charge in [-0.15, -0.1) is 0 Å². The molecule has 0 aliphatic heterocycles. The van der Waals surface area contributed by atoms with Gasteiger partial charge in [-0.1, -0.05) is 0 Å². The third-order valence-corrected chi connectivity index (χ3v) is 5.83. The maximum absolute atomic E-state index is 14.9. The molecule has 4 heterocycles. The van der Waals surface area contributed by atoms with Gasteiger partial charge >= 0.3 is 5.97 Å². The van der Waals surface area contributed by atoms with E-state index in [0.29, 0.717) is 0 Å². The number of pyridine rings is 2. The van der Waals surface area contributed by atoms with Crippen molar-refractivity contribution in [2.75, 3.05) is 6.61 Å². The van der Waals surface area contributed by atoms with Crippen LogP contribution >= 0.6 is 0 Å². The summed E-state index contributed by atoms with van der Waals surface area (Å²) in [5.41, 5.74) is -1.71. The first-order valence-corrected chi connectivity index (χ1v) is 10.4. The fraction of sp³-hybridized carbons (Fsp3) is 0.125. The molecule has 0 atom stereocenters. The molecule has 4 aromatic heterocycles. The number of fused-ring (bicyclic) bond motifs is 3. The molecule has 0 saturated heterocycles. The fourth-order valence-corrected chi connectivity index (χ4v) is 4.33. The van der Waals surface area contributed by atoms with Gasteiger partial charge < -0.3 is 28.7 Å². The van der Waals surface area contributed by atoms with Crippen LogP contribution in [0, 0.1) is 11.6 Å². The van der Waals surface area contributed by atoms with Crippen molar-refractivity contribution in [3.63, 3.8) is 0 Å². The maximum Gasteiger partial charge on any atom is 0.353 e. The number of aromatic carboxylic acids is 1. The van der Waals surface area contributed by atoms with Gasteiger partial charge in [-0.25, -0.2) is 13.6 Å². The van der Waals surface area contributed by atoms with E-state index < -0.39 is 41.0 Å². The number of carboxylic acids is 1. The molecule has 0 aliphatic carbocycles. The number of aliphatic hydroxyl groups excluding tert-OH is 1. The number of aliphatic hydroxyl groups is 1. The monoisotopic (exact) mass is 481 g/mol. The summed E-state index contributed by atoms with van der Waals surface area (Å²) in [7, 11) is 0. The number of aromatic nitrogens is 3. The zero-order valence-corrected chi connectivity index (χ0v) is 17.9. The highest BCUT2D eigenvalue weighted by molar-refractivity contribution is 6.17. The summed E-state index contributed by atoms with van der Waals surface area (Å²) in [6.45, 7) is -0.946. The minimum Gasteiger partial charge on any atom is -0.477 e. The minimum absolute atomic E-state index is 0.00297. The van der Waals surface area contributed by atoms with Gasteiger partial charge in [-0.3, -0.25) is 9.59 Å². The molecule has 5 aromatic rings. The van der Waals surface area contributed by atoms with Gasteiger partial charge in [-0.2, -0.15) is 0 Å². The Kier molecular flexibility index (Phi) is 5.33. The van der Waals surface area contributed by atoms with Gasteiger partial charge in [0.15, 0.2) is 0 Å². The van der Waals surface area contributed by atoms with Crippen LogP contribution in [0.4, 0.5) is 8.78 Å². The van der Waals surface area contributed by atoms with Crippen molar-refractivity contribution in [2.45, 2.75) is 13.1 Å². The third kappa shape index (κ3) is 3.53. The van der Waals surface area contributed by atoms with Gasteiger partial charge in [-0.05, 0) is 24.3 Å². The normalized spacial score (nSPS) is 11.5. The fourth-order valence-electron chi connectivity index (χ4n) is 4.33. The van der Waals surface area contributed by atoms with Crippen molar-refractivity contribution in [3.05, 3.63) is 92.6 Å². The summed E-state index contributed by atoms with van der Waals surface area (Å²) in [5, 5.41) is 19.5. The molecule has 0 amide bonds. The number of hydrogen-bond donors (Lipinski definition) is 3. The second kappa shape index (κ2) is 8.37. The van der Waals surface area contributed by atoms with E-state index in [1.807, 2.05) is 0 Å². The first kappa shape index (κ1) is 22.3. The van der Waals surface area contributed by atoms with E-state index in [0.717, 1.165) is 27.5 Å². The minimum atomic E-state index is -1.45. The van der Waals surface area contributed by atoms with Gasteiger partial charge in [0.05, 0.1) is 41.3 Å². The summed E-state index contributed by atoms with van der Waals surface area (Å²) in [6.07, 6.45) is 3.53. The van der Waals surface area contributed by atoms with Gasteiger partial charge in [0.1, 0.15) is 22.9 Å². The molecule has 9 nitrogen and oxygen atoms in total. The second-order valence-electron chi connectivity index (χ2n) is 7.85. The van der Waals surface area contributed by atoms with Gasteiger partial charge in [0, 0.05) is 36.1 Å². The molecular weight excluding hydrogens is 464 g/mol. The molecule has 35 heavy (non-hydrogen) atoms. The summed E-state index contributed by atoms with van der Waals surface area (Å²) in [5.74, 6) is -2.98. The first-order chi connectivity index (χ1) is 16.8. The molecule has 0 radical (unpaired) electrons. The number of aromatic amines is 1. The quantitative estimate of drug-likeness (QED) is 0.342. The van der Waals surface area contributed by atoms with Crippen molar-refractivity contribution in [3.8, 4) is 11.1 Å². The second-order valence-corrected chi connectivity index (χ2v) is 7.85. The lowest BCUT2D eigenvalue weighted by molar-refractivity contribution is 0.0687. The highest BCUT2D eigenvalue weighted by Crippen LogP contribution is 2.40. The van der Waals surface area contributed by atoms with E-state index in [1.165, 1.54) is 30.7 Å². The number of benzene rings is 1. The predicted molar refractivity (Wildman–Crippen MR) is 122 cm³/mol. The number of furan rings is 1. The molecule has 1 aromatic carbocycles. The van der Waals surface area contributed by atoms with Crippen LogP contribution in [0.3, 0.4) is 0 Å².